The van der Waals surface area contributed by atoms with Crippen molar-refractivity contribution in [3.63, 3.8) is 0 Å². The summed E-state index contributed by atoms with van der Waals surface area (Å²) in [6, 6.07) is 3.56. The predicted molar refractivity (Wildman–Crippen MR) is 96.6 cm³/mol. The second kappa shape index (κ2) is 6.29. The maximum atomic E-state index is 14.9. The first-order chi connectivity index (χ1) is 12.0. The lowest BCUT2D eigenvalue weighted by Gasteiger charge is -2.30. The highest BCUT2D eigenvalue weighted by Crippen LogP contribution is 2.39. The summed E-state index contributed by atoms with van der Waals surface area (Å²) in [6.07, 6.45) is 2.15. The van der Waals surface area contributed by atoms with Crippen molar-refractivity contribution < 1.29 is 14.2 Å². The molecule has 1 fully saturated rings. The zero-order chi connectivity index (χ0) is 17.6. The monoisotopic (exact) mass is 362 g/mol. The number of hydrogen-bond acceptors (Lipinski definition) is 6. The molecule has 1 saturated heterocycles. The summed E-state index contributed by atoms with van der Waals surface area (Å²) in [5.41, 5.74) is 6.62. The number of halogens is 1. The Kier molecular flexibility index (Phi) is 4.10. The second-order valence-corrected chi connectivity index (χ2v) is 7.53. The summed E-state index contributed by atoms with van der Waals surface area (Å²) in [5.74, 6) is -0.436. The van der Waals surface area contributed by atoms with E-state index in [2.05, 4.69) is 15.3 Å². The molecule has 0 aliphatic carbocycles. The highest BCUT2D eigenvalue weighted by Gasteiger charge is 2.26. The Balaban J connectivity index is 1.83. The Morgan fingerprint density at radius 2 is 2.32 bits per heavy atom. The van der Waals surface area contributed by atoms with E-state index >= 15 is 0 Å². The summed E-state index contributed by atoms with van der Waals surface area (Å²) >= 11 is 1.55. The summed E-state index contributed by atoms with van der Waals surface area (Å²) in [5, 5.41) is 14.0. The van der Waals surface area contributed by atoms with Crippen LogP contribution < -0.4 is 11.1 Å². The van der Waals surface area contributed by atoms with Crippen LogP contribution in [0.25, 0.3) is 21.3 Å². The Morgan fingerprint density at radius 1 is 1.48 bits per heavy atom. The zero-order valence-electron chi connectivity index (χ0n) is 13.7. The zero-order valence-corrected chi connectivity index (χ0v) is 14.5. The number of aromatic nitrogens is 2. The minimum Gasteiger partial charge on any atom is -0.494 e. The fourth-order valence-electron chi connectivity index (χ4n) is 3.12. The predicted octanol–water partition coefficient (Wildman–Crippen LogP) is 2.97. The van der Waals surface area contributed by atoms with E-state index in [4.69, 9.17) is 10.5 Å². The molecule has 25 heavy (non-hydrogen) atoms. The van der Waals surface area contributed by atoms with Gasteiger partial charge in [-0.25, -0.2) is 9.37 Å². The third kappa shape index (κ3) is 2.86. The molecule has 1 aliphatic heterocycles. The van der Waals surface area contributed by atoms with E-state index in [9.17, 15) is 9.50 Å². The quantitative estimate of drug-likeness (QED) is 0.574. The number of nitrogens with one attached hydrogen (secondary N) is 2. The van der Waals surface area contributed by atoms with Gasteiger partial charge in [0.05, 0.1) is 22.6 Å². The van der Waals surface area contributed by atoms with Crippen LogP contribution in [0.3, 0.4) is 0 Å². The number of fused-ring (bicyclic) bond motifs is 1. The van der Waals surface area contributed by atoms with Gasteiger partial charge >= 0.3 is 0 Å². The molecule has 5 N–H and O–H groups in total. The third-order valence-corrected chi connectivity index (χ3v) is 5.47. The highest BCUT2D eigenvalue weighted by atomic mass is 32.1. The Bertz CT molecular complexity index is 923. The highest BCUT2D eigenvalue weighted by molar-refractivity contribution is 7.15. The van der Waals surface area contributed by atoms with Gasteiger partial charge in [-0.3, -0.25) is 0 Å². The number of aromatic amines is 1. The van der Waals surface area contributed by atoms with Gasteiger partial charge < -0.3 is 25.9 Å². The molecular formula is C17H19FN4O2S. The number of ether oxygens (including phenoxy) is 1. The number of anilines is 1. The van der Waals surface area contributed by atoms with Crippen molar-refractivity contribution in [1.82, 2.24) is 9.97 Å². The number of nitrogens with two attached hydrogens (primary N) is 1. The molecule has 0 bridgehead atoms. The van der Waals surface area contributed by atoms with Crippen LogP contribution in [0.4, 0.5) is 10.2 Å². The number of aromatic hydroxyl groups is 1. The molecule has 4 heterocycles. The molecule has 0 saturated carbocycles. The molecule has 3 aromatic heterocycles. The van der Waals surface area contributed by atoms with Gasteiger partial charge in [-0.1, -0.05) is 0 Å². The van der Waals surface area contributed by atoms with Gasteiger partial charge in [0.1, 0.15) is 0 Å². The van der Waals surface area contributed by atoms with Crippen molar-refractivity contribution in [2.24, 2.45) is 5.73 Å². The molecule has 132 valence electrons. The van der Waals surface area contributed by atoms with E-state index in [0.717, 1.165) is 9.75 Å². The average Bonchev–Trinajstić information content (AvgIpc) is 3.19. The number of H-pyrrole nitrogens is 1. The second-order valence-electron chi connectivity index (χ2n) is 6.24. The normalized spacial score (nSPS) is 20.9. The van der Waals surface area contributed by atoms with E-state index < -0.39 is 5.82 Å². The van der Waals surface area contributed by atoms with Gasteiger partial charge in [-0.05, 0) is 25.5 Å². The first-order valence-electron chi connectivity index (χ1n) is 8.11. The number of aryl methyl sites for hydroxylation is 1. The molecule has 8 heteroatoms. The van der Waals surface area contributed by atoms with Crippen LogP contribution in [0, 0.1) is 12.7 Å². The molecule has 4 rings (SSSR count). The fraction of sp³-hybridized carbons (Fsp3) is 0.353. The van der Waals surface area contributed by atoms with Crippen molar-refractivity contribution in [2.45, 2.75) is 25.4 Å². The SMILES string of the molecule is Cc1ccc(-c2nc(N[C@@H]3CCOC[C@@H]3N)c(F)c3c[nH]c(O)c23)s1. The smallest absolute Gasteiger partial charge is 0.198 e. The summed E-state index contributed by atoms with van der Waals surface area (Å²) < 4.78 is 20.3. The lowest BCUT2D eigenvalue weighted by molar-refractivity contribution is 0.0751. The van der Waals surface area contributed by atoms with Crippen LogP contribution in [0.15, 0.2) is 18.3 Å². The van der Waals surface area contributed by atoms with Crippen molar-refractivity contribution in [1.29, 1.82) is 0 Å². The molecular weight excluding hydrogens is 343 g/mol. The van der Waals surface area contributed by atoms with Gasteiger partial charge in [0.15, 0.2) is 17.5 Å². The maximum absolute atomic E-state index is 14.9. The van der Waals surface area contributed by atoms with Crippen molar-refractivity contribution in [3.05, 3.63) is 29.0 Å². The summed E-state index contributed by atoms with van der Waals surface area (Å²) in [4.78, 5) is 9.16. The Morgan fingerprint density at radius 3 is 3.04 bits per heavy atom. The number of pyridine rings is 1. The molecule has 0 radical (unpaired) electrons. The summed E-state index contributed by atoms with van der Waals surface area (Å²) in [7, 11) is 0. The number of hydrogen-bond donors (Lipinski definition) is 4. The first-order valence-corrected chi connectivity index (χ1v) is 8.92. The number of nitrogens with zero attached hydrogens (tertiary/aromatic N) is 1. The maximum Gasteiger partial charge on any atom is 0.198 e. The van der Waals surface area contributed by atoms with Gasteiger partial charge in [0, 0.05) is 35.2 Å². The van der Waals surface area contributed by atoms with E-state index in [1.807, 2.05) is 19.1 Å². The van der Waals surface area contributed by atoms with E-state index in [1.165, 1.54) is 6.20 Å². The molecule has 3 aromatic rings. The van der Waals surface area contributed by atoms with E-state index in [1.54, 1.807) is 11.3 Å². The minimum absolute atomic E-state index is 0.0863. The minimum atomic E-state index is -0.498. The Labute approximate surface area is 147 Å². The van der Waals surface area contributed by atoms with Crippen LogP contribution in [0.5, 0.6) is 5.88 Å². The van der Waals surface area contributed by atoms with Crippen LogP contribution in [-0.4, -0.2) is 40.4 Å². The summed E-state index contributed by atoms with van der Waals surface area (Å²) in [6.45, 7) is 3.01. The van der Waals surface area contributed by atoms with Crippen LogP contribution in [-0.2, 0) is 4.74 Å². The first kappa shape index (κ1) is 16.3. The van der Waals surface area contributed by atoms with E-state index in [0.29, 0.717) is 36.1 Å². The molecule has 0 unspecified atom stereocenters. The number of rotatable bonds is 3. The molecule has 2 atom stereocenters. The topological polar surface area (TPSA) is 96.2 Å². The van der Waals surface area contributed by atoms with Gasteiger partial charge in [-0.15, -0.1) is 11.3 Å². The van der Waals surface area contributed by atoms with Crippen LogP contribution in [0.1, 0.15) is 11.3 Å². The van der Waals surface area contributed by atoms with Crippen molar-refractivity contribution >= 4 is 27.9 Å². The Hall–Kier alpha value is -2.16. The largest absolute Gasteiger partial charge is 0.494 e. The number of thiophene rings is 1. The molecule has 6 nitrogen and oxygen atoms in total. The molecule has 0 spiro atoms. The molecule has 0 aromatic carbocycles. The van der Waals surface area contributed by atoms with Gasteiger partial charge in [-0.2, -0.15) is 0 Å². The van der Waals surface area contributed by atoms with E-state index in [-0.39, 0.29) is 23.8 Å². The van der Waals surface area contributed by atoms with Crippen molar-refractivity contribution in [3.8, 4) is 16.5 Å². The van der Waals surface area contributed by atoms with Crippen LogP contribution in [0.2, 0.25) is 0 Å². The third-order valence-electron chi connectivity index (χ3n) is 4.46. The standard InChI is InChI=1S/C17H19FN4O2S/c1-8-2-3-12(25-8)15-13-9(6-20-17(13)23)14(18)16(22-15)21-11-4-5-24-7-10(11)19/h2-3,6,10-11,20-21,23H,4-5,7,19H2,1H3/t10-,11+/m0/s1. The van der Waals surface area contributed by atoms with Gasteiger partial charge in [0.25, 0.3) is 0 Å². The van der Waals surface area contributed by atoms with Crippen molar-refractivity contribution in [2.75, 3.05) is 18.5 Å². The fourth-order valence-corrected chi connectivity index (χ4v) is 3.98. The van der Waals surface area contributed by atoms with Crippen LogP contribution >= 0.6 is 11.3 Å². The average molecular weight is 362 g/mol. The lowest BCUT2D eigenvalue weighted by atomic mass is 10.0. The molecule has 1 aliphatic rings. The van der Waals surface area contributed by atoms with Gasteiger partial charge in [0.2, 0.25) is 0 Å². The molecule has 0 amide bonds. The lowest BCUT2D eigenvalue weighted by Crippen LogP contribution is -2.47.